The number of hydrogen-bond acceptors (Lipinski definition) is 3. The van der Waals surface area contributed by atoms with Crippen LogP contribution in [0.25, 0.3) is 11.3 Å². The molecule has 0 atom stereocenters. The van der Waals surface area contributed by atoms with Gasteiger partial charge in [0.05, 0.1) is 12.1 Å². The van der Waals surface area contributed by atoms with E-state index in [0.717, 1.165) is 23.4 Å². The van der Waals surface area contributed by atoms with Crippen molar-refractivity contribution in [1.29, 1.82) is 0 Å². The molecule has 6 heteroatoms. The van der Waals surface area contributed by atoms with E-state index in [1.54, 1.807) is 5.38 Å². The molecule has 0 radical (unpaired) electrons. The molecule has 1 aromatic heterocycles. The minimum Gasteiger partial charge on any atom is -0.325 e. The van der Waals surface area contributed by atoms with Crippen molar-refractivity contribution >= 4 is 22.9 Å². The lowest BCUT2D eigenvalue weighted by atomic mass is 10.1. The Bertz CT molecular complexity index is 892. The Labute approximate surface area is 142 Å². The summed E-state index contributed by atoms with van der Waals surface area (Å²) in [6, 6.07) is 11.1. The van der Waals surface area contributed by atoms with Crippen molar-refractivity contribution in [3.05, 3.63) is 70.1 Å². The summed E-state index contributed by atoms with van der Waals surface area (Å²) in [4.78, 5) is 16.4. The van der Waals surface area contributed by atoms with Crippen molar-refractivity contribution in [2.75, 3.05) is 5.32 Å². The van der Waals surface area contributed by atoms with Gasteiger partial charge in [-0.25, -0.2) is 13.8 Å². The van der Waals surface area contributed by atoms with Crippen LogP contribution in [0.2, 0.25) is 0 Å². The van der Waals surface area contributed by atoms with E-state index in [0.29, 0.717) is 16.3 Å². The Morgan fingerprint density at radius 2 is 1.96 bits per heavy atom. The first-order valence-corrected chi connectivity index (χ1v) is 8.16. The molecular formula is C18H14F2N2OS. The zero-order valence-corrected chi connectivity index (χ0v) is 13.7. The Hall–Kier alpha value is -2.60. The molecule has 24 heavy (non-hydrogen) atoms. The Kier molecular flexibility index (Phi) is 4.66. The summed E-state index contributed by atoms with van der Waals surface area (Å²) in [5.41, 5.74) is 2.75. The molecule has 1 amide bonds. The number of para-hydroxylation sites is 1. The summed E-state index contributed by atoms with van der Waals surface area (Å²) in [6.45, 7) is 1.92. The Morgan fingerprint density at radius 3 is 2.71 bits per heavy atom. The maximum absolute atomic E-state index is 13.3. The number of carbonyl (C=O) groups excluding carboxylic acids is 1. The van der Waals surface area contributed by atoms with Crippen LogP contribution in [0, 0.1) is 18.6 Å². The van der Waals surface area contributed by atoms with Crippen molar-refractivity contribution in [3.63, 3.8) is 0 Å². The zero-order valence-electron chi connectivity index (χ0n) is 12.8. The number of hydrogen-bond donors (Lipinski definition) is 1. The molecule has 1 heterocycles. The van der Waals surface area contributed by atoms with Crippen LogP contribution in [0.1, 0.15) is 10.6 Å². The highest BCUT2D eigenvalue weighted by Crippen LogP contribution is 2.24. The van der Waals surface area contributed by atoms with Crippen LogP contribution in [0.5, 0.6) is 0 Å². The van der Waals surface area contributed by atoms with E-state index in [2.05, 4.69) is 10.3 Å². The number of amides is 1. The molecule has 0 saturated carbocycles. The molecule has 3 nitrogen and oxygen atoms in total. The predicted octanol–water partition coefficient (Wildman–Crippen LogP) is 4.58. The van der Waals surface area contributed by atoms with Crippen LogP contribution in [0.3, 0.4) is 0 Å². The minimum atomic E-state index is -0.917. The standard InChI is InChI=1S/C18H14F2N2OS/c1-11-4-2-3-5-15(11)21-17(23)9-18-22-16(10-24-18)12-6-7-13(19)14(20)8-12/h2-8,10H,9H2,1H3,(H,21,23). The average Bonchev–Trinajstić information content (AvgIpc) is 3.00. The SMILES string of the molecule is Cc1ccccc1NC(=O)Cc1nc(-c2ccc(F)c(F)c2)cs1. The molecule has 0 bridgehead atoms. The quantitative estimate of drug-likeness (QED) is 0.753. The maximum Gasteiger partial charge on any atom is 0.231 e. The number of carbonyl (C=O) groups is 1. The second-order valence-corrected chi connectivity index (χ2v) is 6.24. The first-order valence-electron chi connectivity index (χ1n) is 7.28. The molecule has 122 valence electrons. The van der Waals surface area contributed by atoms with Crippen LogP contribution in [-0.4, -0.2) is 10.9 Å². The number of nitrogens with one attached hydrogen (secondary N) is 1. The molecule has 3 rings (SSSR count). The molecule has 0 aliphatic heterocycles. The van der Waals surface area contributed by atoms with Gasteiger partial charge in [0.1, 0.15) is 5.01 Å². The van der Waals surface area contributed by atoms with Crippen molar-refractivity contribution in [3.8, 4) is 11.3 Å². The second-order valence-electron chi connectivity index (χ2n) is 5.30. The fraction of sp³-hybridized carbons (Fsp3) is 0.111. The second kappa shape index (κ2) is 6.88. The number of anilines is 1. The largest absolute Gasteiger partial charge is 0.325 e. The number of aromatic nitrogens is 1. The van der Waals surface area contributed by atoms with Gasteiger partial charge in [0.25, 0.3) is 0 Å². The van der Waals surface area contributed by atoms with Crippen molar-refractivity contribution in [2.45, 2.75) is 13.3 Å². The van der Waals surface area contributed by atoms with Crippen LogP contribution in [0.15, 0.2) is 47.8 Å². The van der Waals surface area contributed by atoms with Gasteiger partial charge >= 0.3 is 0 Å². The third-order valence-corrected chi connectivity index (χ3v) is 4.35. The highest BCUT2D eigenvalue weighted by atomic mass is 32.1. The fourth-order valence-electron chi connectivity index (χ4n) is 2.23. The molecule has 0 saturated heterocycles. The smallest absolute Gasteiger partial charge is 0.231 e. The van der Waals surface area contributed by atoms with E-state index in [-0.39, 0.29) is 12.3 Å². The topological polar surface area (TPSA) is 42.0 Å². The first-order chi connectivity index (χ1) is 11.5. The lowest BCUT2D eigenvalue weighted by Gasteiger charge is -2.06. The number of halogens is 2. The van der Waals surface area contributed by atoms with Crippen LogP contribution >= 0.6 is 11.3 Å². The number of aryl methyl sites for hydroxylation is 1. The Morgan fingerprint density at radius 1 is 1.17 bits per heavy atom. The van der Waals surface area contributed by atoms with Gasteiger partial charge in [-0.3, -0.25) is 4.79 Å². The van der Waals surface area contributed by atoms with Gasteiger partial charge in [-0.15, -0.1) is 11.3 Å². The summed E-state index contributed by atoms with van der Waals surface area (Å²) >= 11 is 1.31. The van der Waals surface area contributed by atoms with Gasteiger partial charge in [-0.2, -0.15) is 0 Å². The summed E-state index contributed by atoms with van der Waals surface area (Å²) in [5, 5.41) is 5.18. The van der Waals surface area contributed by atoms with Gasteiger partial charge in [0.2, 0.25) is 5.91 Å². The molecular weight excluding hydrogens is 330 g/mol. The lowest BCUT2D eigenvalue weighted by molar-refractivity contribution is -0.115. The highest BCUT2D eigenvalue weighted by Gasteiger charge is 2.11. The number of rotatable bonds is 4. The van der Waals surface area contributed by atoms with Crippen molar-refractivity contribution < 1.29 is 13.6 Å². The average molecular weight is 344 g/mol. The normalized spacial score (nSPS) is 10.6. The zero-order chi connectivity index (χ0) is 17.1. The summed E-state index contributed by atoms with van der Waals surface area (Å²) < 4.78 is 26.3. The minimum absolute atomic E-state index is 0.128. The molecule has 0 aliphatic carbocycles. The molecule has 0 fully saturated rings. The van der Waals surface area contributed by atoms with Gasteiger partial charge in [-0.1, -0.05) is 18.2 Å². The van der Waals surface area contributed by atoms with Crippen LogP contribution in [-0.2, 0) is 11.2 Å². The molecule has 0 aliphatic rings. The molecule has 1 N–H and O–H groups in total. The molecule has 2 aromatic carbocycles. The third kappa shape index (κ3) is 3.65. The van der Waals surface area contributed by atoms with E-state index < -0.39 is 11.6 Å². The van der Waals surface area contributed by atoms with Crippen LogP contribution in [0.4, 0.5) is 14.5 Å². The first kappa shape index (κ1) is 16.3. The Balaban J connectivity index is 1.70. The third-order valence-electron chi connectivity index (χ3n) is 3.50. The lowest BCUT2D eigenvalue weighted by Crippen LogP contribution is -2.14. The molecule has 0 unspecified atom stereocenters. The number of nitrogens with zero attached hydrogens (tertiary/aromatic N) is 1. The van der Waals surface area contributed by atoms with E-state index >= 15 is 0 Å². The highest BCUT2D eigenvalue weighted by molar-refractivity contribution is 7.10. The summed E-state index contributed by atoms with van der Waals surface area (Å²) in [6.07, 6.45) is 0.128. The van der Waals surface area contributed by atoms with E-state index in [9.17, 15) is 13.6 Å². The number of thiazole rings is 1. The van der Waals surface area contributed by atoms with E-state index in [1.165, 1.54) is 17.4 Å². The molecule has 0 spiro atoms. The summed E-state index contributed by atoms with van der Waals surface area (Å²) in [7, 11) is 0. The van der Waals surface area contributed by atoms with Gasteiger partial charge in [0.15, 0.2) is 11.6 Å². The van der Waals surface area contributed by atoms with Crippen molar-refractivity contribution in [2.24, 2.45) is 0 Å². The molecule has 3 aromatic rings. The van der Waals surface area contributed by atoms with Crippen LogP contribution < -0.4 is 5.32 Å². The maximum atomic E-state index is 13.3. The van der Waals surface area contributed by atoms with Gasteiger partial charge in [0, 0.05) is 16.6 Å². The fourth-order valence-corrected chi connectivity index (χ4v) is 3.03. The predicted molar refractivity (Wildman–Crippen MR) is 91.0 cm³/mol. The van der Waals surface area contributed by atoms with Gasteiger partial charge in [-0.05, 0) is 36.8 Å². The number of benzene rings is 2. The van der Waals surface area contributed by atoms with Gasteiger partial charge < -0.3 is 5.32 Å². The summed E-state index contributed by atoms with van der Waals surface area (Å²) in [5.74, 6) is -1.98. The van der Waals surface area contributed by atoms with E-state index in [1.807, 2.05) is 31.2 Å². The van der Waals surface area contributed by atoms with E-state index in [4.69, 9.17) is 0 Å². The van der Waals surface area contributed by atoms with Crippen molar-refractivity contribution in [1.82, 2.24) is 4.98 Å². The monoisotopic (exact) mass is 344 g/mol.